The molecule has 1 amide bonds. The van der Waals surface area contributed by atoms with Crippen LogP contribution in [0.3, 0.4) is 0 Å². The molecule has 0 fully saturated rings. The van der Waals surface area contributed by atoms with Crippen LogP contribution in [0.15, 0.2) is 41.3 Å². The third-order valence-electron chi connectivity index (χ3n) is 3.05. The lowest BCUT2D eigenvalue weighted by Gasteiger charge is -2.14. The molecule has 9 nitrogen and oxygen atoms in total. The highest BCUT2D eigenvalue weighted by Gasteiger charge is 2.29. The molecule has 10 heteroatoms. The second kappa shape index (κ2) is 6.12. The maximum absolute atomic E-state index is 12.3. The number of amides is 1. The molecule has 118 valence electrons. The van der Waals surface area contributed by atoms with Crippen LogP contribution in [0.1, 0.15) is 6.42 Å². The van der Waals surface area contributed by atoms with Gasteiger partial charge in [-0.15, -0.1) is 0 Å². The molecule has 1 aromatic carbocycles. The van der Waals surface area contributed by atoms with Crippen LogP contribution in [0.2, 0.25) is 0 Å². The van der Waals surface area contributed by atoms with Gasteiger partial charge in [-0.05, 0) is 12.5 Å². The molecule has 2 atom stereocenters. The van der Waals surface area contributed by atoms with Gasteiger partial charge in [0.05, 0.1) is 11.0 Å². The molecule has 0 radical (unpaired) electrons. The van der Waals surface area contributed by atoms with Crippen LogP contribution in [-0.2, 0) is 10.0 Å². The van der Waals surface area contributed by atoms with Crippen molar-refractivity contribution in [2.75, 3.05) is 0 Å². The number of nitro benzene ring substituents is 1. The van der Waals surface area contributed by atoms with Gasteiger partial charge in [0.15, 0.2) is 4.90 Å². The summed E-state index contributed by atoms with van der Waals surface area (Å²) in [4.78, 5) is 20.2. The van der Waals surface area contributed by atoms with Crippen molar-refractivity contribution in [2.24, 2.45) is 0 Å². The van der Waals surface area contributed by atoms with Gasteiger partial charge in [0.25, 0.3) is 5.69 Å². The Kier molecular flexibility index (Phi) is 4.43. The highest BCUT2D eigenvalue weighted by molar-refractivity contribution is 7.89. The molecular formula is C12H13N3O6S. The minimum absolute atomic E-state index is 0.201. The Morgan fingerprint density at radius 2 is 1.91 bits per heavy atom. The highest BCUT2D eigenvalue weighted by atomic mass is 32.2. The first-order chi connectivity index (χ1) is 10.3. The summed E-state index contributed by atoms with van der Waals surface area (Å²) < 4.78 is 26.8. The first kappa shape index (κ1) is 15.9. The number of para-hydroxylation sites is 1. The first-order valence-corrected chi connectivity index (χ1v) is 7.71. The molecule has 0 bridgehead atoms. The van der Waals surface area contributed by atoms with Gasteiger partial charge >= 0.3 is 6.09 Å². The second-order valence-corrected chi connectivity index (χ2v) is 6.31. The maximum atomic E-state index is 12.3. The van der Waals surface area contributed by atoms with Crippen LogP contribution in [0.5, 0.6) is 0 Å². The molecule has 1 aliphatic rings. The van der Waals surface area contributed by atoms with Crippen LogP contribution in [-0.4, -0.2) is 36.6 Å². The fourth-order valence-electron chi connectivity index (χ4n) is 2.15. The van der Waals surface area contributed by atoms with E-state index in [1.807, 2.05) is 0 Å². The van der Waals surface area contributed by atoms with Gasteiger partial charge in [0.2, 0.25) is 10.0 Å². The molecule has 0 heterocycles. The van der Waals surface area contributed by atoms with Crippen LogP contribution < -0.4 is 10.0 Å². The van der Waals surface area contributed by atoms with Crippen molar-refractivity contribution >= 4 is 21.8 Å². The number of nitro groups is 1. The van der Waals surface area contributed by atoms with Gasteiger partial charge in [-0.1, -0.05) is 24.3 Å². The first-order valence-electron chi connectivity index (χ1n) is 6.23. The Labute approximate surface area is 125 Å². The quantitative estimate of drug-likeness (QED) is 0.416. The topological polar surface area (TPSA) is 139 Å². The molecule has 0 aromatic heterocycles. The van der Waals surface area contributed by atoms with Crippen LogP contribution in [0.25, 0.3) is 0 Å². The van der Waals surface area contributed by atoms with Crippen molar-refractivity contribution in [3.8, 4) is 0 Å². The number of sulfonamides is 1. The highest BCUT2D eigenvalue weighted by Crippen LogP contribution is 2.24. The summed E-state index contributed by atoms with van der Waals surface area (Å²) in [7, 11) is -4.09. The van der Waals surface area contributed by atoms with Gasteiger partial charge < -0.3 is 10.4 Å². The zero-order chi connectivity index (χ0) is 16.3. The van der Waals surface area contributed by atoms with Crippen molar-refractivity contribution in [1.29, 1.82) is 0 Å². The van der Waals surface area contributed by atoms with Gasteiger partial charge in [0, 0.05) is 12.1 Å². The maximum Gasteiger partial charge on any atom is 0.405 e. The number of nitrogens with one attached hydrogen (secondary N) is 2. The summed E-state index contributed by atoms with van der Waals surface area (Å²) in [6.45, 7) is 0. The molecule has 2 rings (SSSR count). The smallest absolute Gasteiger partial charge is 0.405 e. The zero-order valence-corrected chi connectivity index (χ0v) is 12.0. The molecule has 1 aliphatic carbocycles. The molecule has 3 N–H and O–H groups in total. The number of carboxylic acid groups (broad SMARTS) is 1. The number of nitrogens with zero attached hydrogens (tertiary/aromatic N) is 1. The molecule has 0 saturated heterocycles. The van der Waals surface area contributed by atoms with Crippen LogP contribution in [0, 0.1) is 10.1 Å². The summed E-state index contributed by atoms with van der Waals surface area (Å²) in [5, 5.41) is 21.7. The van der Waals surface area contributed by atoms with E-state index in [1.54, 1.807) is 0 Å². The van der Waals surface area contributed by atoms with Gasteiger partial charge in [-0.3, -0.25) is 10.1 Å². The number of benzene rings is 1. The lowest BCUT2D eigenvalue weighted by atomic mass is 10.2. The zero-order valence-electron chi connectivity index (χ0n) is 11.2. The van der Waals surface area contributed by atoms with Crippen molar-refractivity contribution in [1.82, 2.24) is 10.0 Å². The van der Waals surface area contributed by atoms with E-state index in [9.17, 15) is 23.3 Å². The minimum atomic E-state index is -4.09. The predicted octanol–water partition coefficient (Wildman–Crippen LogP) is 0.838. The SMILES string of the molecule is O=C(O)N[C@H]1C=C[C@@H](NS(=O)(=O)c2ccccc2[N+](=O)[O-])C1. The Morgan fingerprint density at radius 1 is 1.27 bits per heavy atom. The monoisotopic (exact) mass is 327 g/mol. The average Bonchev–Trinajstić information content (AvgIpc) is 2.84. The van der Waals surface area contributed by atoms with Gasteiger partial charge in [-0.2, -0.15) is 0 Å². The summed E-state index contributed by atoms with van der Waals surface area (Å²) in [5.41, 5.74) is -0.516. The number of rotatable bonds is 5. The fourth-order valence-corrected chi connectivity index (χ4v) is 3.53. The third kappa shape index (κ3) is 3.59. The average molecular weight is 327 g/mol. The summed E-state index contributed by atoms with van der Waals surface area (Å²) in [6.07, 6.45) is 2.02. The normalized spacial score (nSPS) is 20.7. The number of carbonyl (C=O) groups is 1. The van der Waals surface area contributed by atoms with E-state index in [4.69, 9.17) is 5.11 Å². The van der Waals surface area contributed by atoms with Gasteiger partial charge in [0.1, 0.15) is 0 Å². The van der Waals surface area contributed by atoms with Crippen molar-refractivity contribution < 1.29 is 23.2 Å². The molecule has 22 heavy (non-hydrogen) atoms. The molecule has 1 aromatic rings. The lowest BCUT2D eigenvalue weighted by Crippen LogP contribution is -2.37. The van der Waals surface area contributed by atoms with Crippen LogP contribution >= 0.6 is 0 Å². The Morgan fingerprint density at radius 3 is 2.55 bits per heavy atom. The van der Waals surface area contributed by atoms with E-state index in [1.165, 1.54) is 24.3 Å². The molecule has 0 spiro atoms. The summed E-state index contributed by atoms with van der Waals surface area (Å²) in [6, 6.07) is 3.87. The molecule has 0 saturated carbocycles. The third-order valence-corrected chi connectivity index (χ3v) is 4.59. The Hall–Kier alpha value is -2.46. The Balaban J connectivity index is 2.15. The van der Waals surface area contributed by atoms with E-state index in [0.717, 1.165) is 12.1 Å². The fraction of sp³-hybridized carbons (Fsp3) is 0.250. The number of hydrogen-bond acceptors (Lipinski definition) is 5. The standard InChI is InChI=1S/C12H13N3O6S/c16-12(17)13-8-5-6-9(7-8)14-22(20,21)11-4-2-1-3-10(11)15(18)19/h1-6,8-9,13-14H,7H2,(H,16,17)/t8-,9+/m0/s1. The Bertz CT molecular complexity index is 730. The van der Waals surface area contributed by atoms with Crippen molar-refractivity contribution in [2.45, 2.75) is 23.4 Å². The molecule has 0 unspecified atom stereocenters. The lowest BCUT2D eigenvalue weighted by molar-refractivity contribution is -0.387. The summed E-state index contributed by atoms with van der Waals surface area (Å²) >= 11 is 0. The van der Waals surface area contributed by atoms with E-state index >= 15 is 0 Å². The summed E-state index contributed by atoms with van der Waals surface area (Å²) in [5.74, 6) is 0. The van der Waals surface area contributed by atoms with Crippen LogP contribution in [0.4, 0.5) is 10.5 Å². The van der Waals surface area contributed by atoms with E-state index < -0.39 is 43.7 Å². The van der Waals surface area contributed by atoms with E-state index in [-0.39, 0.29) is 6.42 Å². The minimum Gasteiger partial charge on any atom is -0.465 e. The van der Waals surface area contributed by atoms with Crippen molar-refractivity contribution in [3.05, 3.63) is 46.5 Å². The van der Waals surface area contributed by atoms with E-state index in [2.05, 4.69) is 10.0 Å². The second-order valence-electron chi connectivity index (χ2n) is 4.63. The molecule has 0 aliphatic heterocycles. The largest absolute Gasteiger partial charge is 0.465 e. The predicted molar refractivity (Wildman–Crippen MR) is 75.9 cm³/mol. The number of hydrogen-bond donors (Lipinski definition) is 3. The van der Waals surface area contributed by atoms with E-state index in [0.29, 0.717) is 0 Å². The van der Waals surface area contributed by atoms with Gasteiger partial charge in [-0.25, -0.2) is 17.9 Å². The van der Waals surface area contributed by atoms with Crippen molar-refractivity contribution in [3.63, 3.8) is 0 Å². The molecular weight excluding hydrogens is 314 g/mol.